The largest absolute Gasteiger partial charge is 0.511 e. The maximum Gasteiger partial charge on any atom is 0.333 e. The van der Waals surface area contributed by atoms with Gasteiger partial charge in [-0.15, -0.1) is 20.1 Å². The first kappa shape index (κ1) is 82.0. The van der Waals surface area contributed by atoms with Gasteiger partial charge < -0.3 is 76.2 Å². The monoisotopic (exact) mass is 1440 g/mol. The highest BCUT2D eigenvalue weighted by molar-refractivity contribution is 8.00. The highest BCUT2D eigenvalue weighted by Crippen LogP contribution is 2.37. The maximum absolute atomic E-state index is 13.5. The van der Waals surface area contributed by atoms with Crippen LogP contribution in [0.15, 0.2) is 46.7 Å². The molecule has 3 aliphatic heterocycles. The average molecular weight is 1440 g/mol. The number of aliphatic hydroxyl groups is 1. The molecule has 3 fully saturated rings. The number of hydrogen-bond acceptors (Lipinski definition) is 23. The Morgan fingerprint density at radius 1 is 0.624 bits per heavy atom. The molecule has 10 amide bonds. The number of aromatic nitrogens is 4. The Morgan fingerprint density at radius 2 is 1.21 bits per heavy atom. The number of hydroxylamine groups is 2. The predicted molar refractivity (Wildman–Crippen MR) is 370 cm³/mol. The zero-order chi connectivity index (χ0) is 72.5. The minimum Gasteiger partial charge on any atom is -0.511 e. The molecule has 1 aromatic heterocycles. The van der Waals surface area contributed by atoms with Gasteiger partial charge in [-0.2, -0.15) is 11.8 Å². The van der Waals surface area contributed by atoms with Crippen LogP contribution in [0.2, 0.25) is 0 Å². The van der Waals surface area contributed by atoms with Crippen molar-refractivity contribution in [3.63, 3.8) is 0 Å². The number of nitrogens with one attached hydrogen (secondary N) is 8. The van der Waals surface area contributed by atoms with E-state index in [0.717, 1.165) is 25.0 Å². The predicted octanol–water partition coefficient (Wildman–Crippen LogP) is 3.25. The number of amides is 10. The number of benzene rings is 1. The summed E-state index contributed by atoms with van der Waals surface area (Å²) in [6.07, 6.45) is 8.79. The number of aliphatic imine (C=N–C) groups is 1. The second-order valence-electron chi connectivity index (χ2n) is 25.7. The number of Topliss-reactive ketones (excluding diaryl/α,β-unsaturated/α-hetero) is 1. The lowest BCUT2D eigenvalue weighted by atomic mass is 9.75. The smallest absolute Gasteiger partial charge is 0.333 e. The van der Waals surface area contributed by atoms with E-state index in [2.05, 4.69) is 62.9 Å². The lowest BCUT2D eigenvalue weighted by Gasteiger charge is -2.30. The summed E-state index contributed by atoms with van der Waals surface area (Å²) < 4.78 is 28.2. The first-order chi connectivity index (χ1) is 48.8. The van der Waals surface area contributed by atoms with Crippen LogP contribution in [0.3, 0.4) is 0 Å². The number of ether oxygens (including phenoxy) is 5. The van der Waals surface area contributed by atoms with Gasteiger partial charge in [0.1, 0.15) is 11.8 Å². The molecule has 32 nitrogen and oxygen atoms in total. The van der Waals surface area contributed by atoms with Crippen molar-refractivity contribution in [2.75, 3.05) is 111 Å². The minimum atomic E-state index is -0.927. The van der Waals surface area contributed by atoms with Crippen LogP contribution in [0.5, 0.6) is 0 Å². The number of fused-ring (bicyclic) bond motifs is 1. The number of allylic oxidation sites excluding steroid dienone is 2. The number of urea groups is 1. The fourth-order valence-electron chi connectivity index (χ4n) is 11.4. The van der Waals surface area contributed by atoms with E-state index in [-0.39, 0.29) is 163 Å². The van der Waals surface area contributed by atoms with Gasteiger partial charge in [0.05, 0.1) is 82.7 Å². The van der Waals surface area contributed by atoms with Crippen LogP contribution >= 0.6 is 11.8 Å². The van der Waals surface area contributed by atoms with Gasteiger partial charge in [-0.05, 0) is 99.8 Å². The third-order valence-corrected chi connectivity index (χ3v) is 18.2. The van der Waals surface area contributed by atoms with Crippen molar-refractivity contribution in [2.45, 2.75) is 185 Å². The molecule has 0 radical (unpaired) electrons. The summed E-state index contributed by atoms with van der Waals surface area (Å²) in [6.45, 7) is 8.84. The first-order valence-electron chi connectivity index (χ1n) is 35.5. The van der Waals surface area contributed by atoms with E-state index in [0.29, 0.717) is 151 Å². The Kier molecular flexibility index (Phi) is 37.8. The van der Waals surface area contributed by atoms with Gasteiger partial charge in [0, 0.05) is 120 Å². The number of nitrogens with zero attached hydrogens (tertiary/aromatic N) is 6. The van der Waals surface area contributed by atoms with Crippen LogP contribution in [0.1, 0.15) is 172 Å². The molecule has 1 aromatic carbocycles. The summed E-state index contributed by atoms with van der Waals surface area (Å²) in [4.78, 5) is 148. The molecule has 0 bridgehead atoms. The zero-order valence-electron chi connectivity index (χ0n) is 58.5. The normalized spacial score (nSPS) is 17.5. The second kappa shape index (κ2) is 46.5. The molecule has 4 heterocycles. The highest BCUT2D eigenvalue weighted by Gasteiger charge is 2.43. The lowest BCUT2D eigenvalue weighted by molar-refractivity contribution is -0.197. The van der Waals surface area contributed by atoms with Crippen LogP contribution in [0.25, 0.3) is 5.69 Å². The number of hydrogen-bond donors (Lipinski definition) is 9. The first-order valence-corrected chi connectivity index (χ1v) is 36.5. The van der Waals surface area contributed by atoms with E-state index in [1.54, 1.807) is 12.1 Å². The van der Waals surface area contributed by atoms with E-state index in [9.17, 15) is 57.8 Å². The van der Waals surface area contributed by atoms with Gasteiger partial charge in [-0.3, -0.25) is 48.1 Å². The van der Waals surface area contributed by atoms with Gasteiger partial charge in [0.15, 0.2) is 5.78 Å². The number of unbranched alkanes of at least 4 members (excludes halogenated alkanes) is 5. The molecule has 2 aromatic rings. The van der Waals surface area contributed by atoms with E-state index >= 15 is 0 Å². The average Bonchev–Trinajstić information content (AvgIpc) is 1.70. The Balaban J connectivity index is 0.823. The van der Waals surface area contributed by atoms with Crippen LogP contribution in [-0.4, -0.2) is 236 Å². The summed E-state index contributed by atoms with van der Waals surface area (Å²) in [5, 5.41) is 46.7. The molecular weight excluding hydrogens is 1330 g/mol. The molecule has 0 spiro atoms. The summed E-state index contributed by atoms with van der Waals surface area (Å²) in [6, 6.07) is 8.44. The SMILES string of the molecule is CC1(C)CC(=O)C(C(CCCCC(=O)NCCCC[C@H](NC(=O)CCC(=O)NCCCCCC(=O)ON2C(=O)CCC2=O)C(=O)NCCCOCCOCCOCCCNC(=O)CCCC[C@@H]2SC[C@@H]3NC(=O)N[C@@H]32)=NCCOCCOCCNC(=O)c2nnn(-c3ccccc3)n2)=C(O)C1. The summed E-state index contributed by atoms with van der Waals surface area (Å²) in [5.41, 5.74) is 0.945. The number of ketones is 1. The Hall–Kier alpha value is -7.98. The molecule has 4 aliphatic rings. The fraction of sp³-hybridized carbons (Fsp3) is 0.691. The van der Waals surface area contributed by atoms with Crippen molar-refractivity contribution in [1.82, 2.24) is 67.8 Å². The van der Waals surface area contributed by atoms with E-state index in [4.69, 9.17) is 28.5 Å². The van der Waals surface area contributed by atoms with E-state index in [1.165, 1.54) is 4.80 Å². The van der Waals surface area contributed by atoms with Gasteiger partial charge >= 0.3 is 12.0 Å². The van der Waals surface area contributed by atoms with Gasteiger partial charge in [-0.1, -0.05) is 44.9 Å². The third kappa shape index (κ3) is 32.3. The molecule has 9 N–H and O–H groups in total. The fourth-order valence-corrected chi connectivity index (χ4v) is 12.9. The quantitative estimate of drug-likeness (QED) is 0.0199. The molecule has 4 atom stereocenters. The van der Waals surface area contributed by atoms with Crippen LogP contribution in [0.4, 0.5) is 4.79 Å². The number of tetrazole rings is 1. The molecule has 3 saturated heterocycles. The van der Waals surface area contributed by atoms with Crippen molar-refractivity contribution in [2.24, 2.45) is 10.4 Å². The van der Waals surface area contributed by atoms with Gasteiger partial charge in [-0.25, -0.2) is 9.59 Å². The Morgan fingerprint density at radius 3 is 1.89 bits per heavy atom. The number of aliphatic hydroxyl groups excluding tert-OH is 1. The molecule has 560 valence electrons. The number of rotatable bonds is 53. The lowest BCUT2D eigenvalue weighted by Crippen LogP contribution is -2.47. The molecular formula is C68H104N14O18S. The summed E-state index contributed by atoms with van der Waals surface area (Å²) >= 11 is 1.87. The van der Waals surface area contributed by atoms with Crippen LogP contribution < -0.4 is 42.5 Å². The maximum atomic E-state index is 13.5. The summed E-state index contributed by atoms with van der Waals surface area (Å²) in [7, 11) is 0. The number of thioether (sulfide) groups is 1. The minimum absolute atomic E-state index is 0.00236. The Labute approximate surface area is 593 Å². The number of imide groups is 1. The zero-order valence-corrected chi connectivity index (χ0v) is 59.3. The standard InChI is InChI=1S/C68H104N14O18S/c1-68(2)45-52(83)62(53(84)46-68)49(69-33-37-97-41-42-98-38-34-74-66(93)64-78-80-82(79-64)48-17-5-3-6-18-48)19-8-10-22-55(85)70-30-14-12-20-50(75-58(88)26-25-57(87)71-29-13-4-7-24-61(91)100-81-59(89)27-28-60(81)90)65(92)73-32-16-36-96-40-44-99-43-39-95-35-15-31-72-56(86)23-11-9-21-54-63-51(47-101-54)76-67(94)77-63/h3,5-6,17-18,50-51,54,63,83H,4,7-16,19-47H2,1-2H3,(H,70,85)(H,71,87)(H,72,86)(H,73,92)(H,74,93)(H,75,88)(H2,76,77,94)/t50-,51-,54-,63-/m0/s1. The van der Waals surface area contributed by atoms with Crippen molar-refractivity contribution >= 4 is 82.5 Å². The summed E-state index contributed by atoms with van der Waals surface area (Å²) in [5.74, 6) is -3.10. The van der Waals surface area contributed by atoms with Gasteiger partial charge in [0.25, 0.3) is 23.5 Å². The third-order valence-electron chi connectivity index (χ3n) is 16.7. The molecule has 0 unspecified atom stereocenters. The molecule has 6 rings (SSSR count). The van der Waals surface area contributed by atoms with E-state index in [1.807, 2.05) is 43.8 Å². The molecule has 101 heavy (non-hydrogen) atoms. The van der Waals surface area contributed by atoms with E-state index < -0.39 is 47.0 Å². The molecule has 0 saturated carbocycles. The number of para-hydroxylation sites is 1. The molecule has 1 aliphatic carbocycles. The number of carbonyl (C=O) groups excluding carboxylic acids is 11. The van der Waals surface area contributed by atoms with Crippen LogP contribution in [0, 0.1) is 5.41 Å². The second-order valence-corrected chi connectivity index (χ2v) is 27.0. The molecule has 33 heteroatoms. The number of carbonyl (C=O) groups is 11. The van der Waals surface area contributed by atoms with Crippen molar-refractivity contribution < 1.29 is 86.4 Å². The van der Waals surface area contributed by atoms with Crippen molar-refractivity contribution in [3.05, 3.63) is 47.5 Å². The highest BCUT2D eigenvalue weighted by atomic mass is 32.2. The Bertz CT molecular complexity index is 3050. The van der Waals surface area contributed by atoms with Gasteiger partial charge in [0.2, 0.25) is 29.5 Å². The van der Waals surface area contributed by atoms with Crippen LogP contribution in [-0.2, 0) is 71.7 Å². The topological polar surface area (TPSA) is 419 Å². The van der Waals surface area contributed by atoms with Crippen molar-refractivity contribution in [3.8, 4) is 5.69 Å². The van der Waals surface area contributed by atoms with Crippen molar-refractivity contribution in [1.29, 1.82) is 0 Å².